The molecule has 1 aliphatic heterocycles. The van der Waals surface area contributed by atoms with Crippen molar-refractivity contribution in [3.63, 3.8) is 0 Å². The predicted molar refractivity (Wildman–Crippen MR) is 119 cm³/mol. The van der Waals surface area contributed by atoms with Crippen LogP contribution in [0.1, 0.15) is 19.9 Å². The molecule has 2 aromatic carbocycles. The van der Waals surface area contributed by atoms with Crippen LogP contribution in [0, 0.1) is 0 Å². The maximum absolute atomic E-state index is 12.6. The number of hydrogen-bond acceptors (Lipinski definition) is 5. The SMILES string of the molecule is COc1ccc(N2CCN(c3ccc(-n4cc(O)n(C(C)C)c4=O)cc3)CC2)cc1. The highest BCUT2D eigenvalue weighted by Gasteiger charge is 2.18. The molecule has 1 aromatic heterocycles. The molecule has 0 saturated carbocycles. The normalized spacial score (nSPS) is 14.4. The third-order valence-electron chi connectivity index (χ3n) is 5.63. The van der Waals surface area contributed by atoms with Crippen molar-refractivity contribution in [2.75, 3.05) is 43.1 Å². The van der Waals surface area contributed by atoms with E-state index in [1.54, 1.807) is 7.11 Å². The quantitative estimate of drug-likeness (QED) is 0.702. The molecule has 4 rings (SSSR count). The standard InChI is InChI=1S/C23H28N4O3/c1-17(2)27-22(28)16-26(23(27)29)20-6-4-18(5-7-20)24-12-14-25(15-13-24)19-8-10-21(30-3)11-9-19/h4-11,16-17,28H,12-15H2,1-3H3. The Morgan fingerprint density at radius 3 is 1.73 bits per heavy atom. The number of imidazole rings is 1. The molecule has 7 heteroatoms. The first kappa shape index (κ1) is 19.9. The molecule has 30 heavy (non-hydrogen) atoms. The lowest BCUT2D eigenvalue weighted by Crippen LogP contribution is -2.46. The summed E-state index contributed by atoms with van der Waals surface area (Å²) in [7, 11) is 1.68. The molecule has 2 heterocycles. The Bertz CT molecular complexity index is 1040. The summed E-state index contributed by atoms with van der Waals surface area (Å²) in [6.45, 7) is 7.49. The van der Waals surface area contributed by atoms with Crippen molar-refractivity contribution >= 4 is 11.4 Å². The summed E-state index contributed by atoms with van der Waals surface area (Å²) < 4.78 is 8.10. The second kappa shape index (κ2) is 8.18. The van der Waals surface area contributed by atoms with E-state index in [2.05, 4.69) is 21.9 Å². The molecule has 158 valence electrons. The maximum atomic E-state index is 12.6. The summed E-state index contributed by atoms with van der Waals surface area (Å²) >= 11 is 0. The highest BCUT2D eigenvalue weighted by molar-refractivity contribution is 5.54. The molecule has 3 aromatic rings. The minimum Gasteiger partial charge on any atom is -0.497 e. The summed E-state index contributed by atoms with van der Waals surface area (Å²) in [5, 5.41) is 10.1. The molecule has 1 N–H and O–H groups in total. The Hall–Kier alpha value is -3.35. The van der Waals surface area contributed by atoms with Gasteiger partial charge < -0.3 is 19.6 Å². The summed E-state index contributed by atoms with van der Waals surface area (Å²) in [6, 6.07) is 16.0. The van der Waals surface area contributed by atoms with Crippen LogP contribution >= 0.6 is 0 Å². The fraction of sp³-hybridized carbons (Fsp3) is 0.348. The van der Waals surface area contributed by atoms with Gasteiger partial charge in [0, 0.05) is 43.6 Å². The van der Waals surface area contributed by atoms with Gasteiger partial charge in [-0.15, -0.1) is 0 Å². The van der Waals surface area contributed by atoms with E-state index in [-0.39, 0.29) is 17.6 Å². The highest BCUT2D eigenvalue weighted by Crippen LogP contribution is 2.24. The molecular weight excluding hydrogens is 380 g/mol. The van der Waals surface area contributed by atoms with Crippen LogP contribution in [0.5, 0.6) is 11.6 Å². The Morgan fingerprint density at radius 1 is 0.833 bits per heavy atom. The minimum absolute atomic E-state index is 0.0197. The Kier molecular flexibility index (Phi) is 5.44. The van der Waals surface area contributed by atoms with Crippen molar-refractivity contribution in [1.29, 1.82) is 0 Å². The number of methoxy groups -OCH3 is 1. The highest BCUT2D eigenvalue weighted by atomic mass is 16.5. The first-order valence-electron chi connectivity index (χ1n) is 10.2. The molecule has 0 amide bonds. The number of benzene rings is 2. The third-order valence-corrected chi connectivity index (χ3v) is 5.63. The van der Waals surface area contributed by atoms with Gasteiger partial charge in [0.1, 0.15) is 5.75 Å². The van der Waals surface area contributed by atoms with E-state index in [0.717, 1.165) is 43.3 Å². The average Bonchev–Trinajstić information content (AvgIpc) is 3.08. The van der Waals surface area contributed by atoms with Gasteiger partial charge in [-0.25, -0.2) is 4.79 Å². The van der Waals surface area contributed by atoms with Gasteiger partial charge in [-0.1, -0.05) is 0 Å². The maximum Gasteiger partial charge on any atom is 0.335 e. The van der Waals surface area contributed by atoms with E-state index in [4.69, 9.17) is 4.74 Å². The lowest BCUT2D eigenvalue weighted by atomic mass is 10.2. The summed E-state index contributed by atoms with van der Waals surface area (Å²) in [5.41, 5.74) is 2.85. The number of anilines is 2. The van der Waals surface area contributed by atoms with Gasteiger partial charge in [0.05, 0.1) is 19.0 Å². The van der Waals surface area contributed by atoms with Crippen molar-refractivity contribution < 1.29 is 9.84 Å². The van der Waals surface area contributed by atoms with E-state index < -0.39 is 0 Å². The summed E-state index contributed by atoms with van der Waals surface area (Å²) in [4.78, 5) is 17.3. The van der Waals surface area contributed by atoms with Crippen LogP contribution in [0.15, 0.2) is 59.5 Å². The number of hydrogen-bond donors (Lipinski definition) is 1. The fourth-order valence-corrected chi connectivity index (χ4v) is 3.96. The van der Waals surface area contributed by atoms with Crippen LogP contribution < -0.4 is 20.2 Å². The van der Waals surface area contributed by atoms with Crippen molar-refractivity contribution in [2.45, 2.75) is 19.9 Å². The van der Waals surface area contributed by atoms with Gasteiger partial charge in [-0.3, -0.25) is 9.13 Å². The van der Waals surface area contributed by atoms with E-state index >= 15 is 0 Å². The van der Waals surface area contributed by atoms with E-state index in [1.165, 1.54) is 21.0 Å². The molecule has 0 radical (unpaired) electrons. The minimum atomic E-state index is -0.233. The predicted octanol–water partition coefficient (Wildman–Crippen LogP) is 3.26. The van der Waals surface area contributed by atoms with Gasteiger partial charge in [-0.05, 0) is 62.4 Å². The molecule has 0 bridgehead atoms. The van der Waals surface area contributed by atoms with Crippen LogP contribution in [-0.2, 0) is 0 Å². The first-order chi connectivity index (χ1) is 14.5. The van der Waals surface area contributed by atoms with Crippen molar-refractivity contribution in [3.05, 3.63) is 65.2 Å². The summed E-state index contributed by atoms with van der Waals surface area (Å²) in [6.07, 6.45) is 1.48. The second-order valence-corrected chi connectivity index (χ2v) is 7.79. The van der Waals surface area contributed by atoms with Crippen LogP contribution in [0.4, 0.5) is 11.4 Å². The van der Waals surface area contributed by atoms with Gasteiger partial charge >= 0.3 is 5.69 Å². The number of ether oxygens (including phenoxy) is 1. The smallest absolute Gasteiger partial charge is 0.335 e. The van der Waals surface area contributed by atoms with Crippen molar-refractivity contribution in [2.24, 2.45) is 0 Å². The van der Waals surface area contributed by atoms with Gasteiger partial charge in [0.2, 0.25) is 5.88 Å². The fourth-order valence-electron chi connectivity index (χ4n) is 3.96. The number of rotatable bonds is 5. The van der Waals surface area contributed by atoms with E-state index in [0.29, 0.717) is 0 Å². The van der Waals surface area contributed by atoms with Gasteiger partial charge in [0.15, 0.2) is 0 Å². The third kappa shape index (κ3) is 3.75. The van der Waals surface area contributed by atoms with Crippen LogP contribution in [0.25, 0.3) is 5.69 Å². The van der Waals surface area contributed by atoms with Crippen LogP contribution in [0.3, 0.4) is 0 Å². The number of piperazine rings is 1. The molecule has 0 aliphatic carbocycles. The van der Waals surface area contributed by atoms with Crippen LogP contribution in [0.2, 0.25) is 0 Å². The zero-order chi connectivity index (χ0) is 21.3. The molecule has 1 aliphatic rings. The van der Waals surface area contributed by atoms with Crippen LogP contribution in [-0.4, -0.2) is 47.5 Å². The Labute approximate surface area is 176 Å². The molecular formula is C23H28N4O3. The molecule has 0 spiro atoms. The zero-order valence-corrected chi connectivity index (χ0v) is 17.7. The van der Waals surface area contributed by atoms with Gasteiger partial charge in [-0.2, -0.15) is 0 Å². The number of aromatic hydroxyl groups is 1. The molecule has 1 saturated heterocycles. The second-order valence-electron chi connectivity index (χ2n) is 7.79. The van der Waals surface area contributed by atoms with E-state index in [9.17, 15) is 9.90 Å². The monoisotopic (exact) mass is 408 g/mol. The lowest BCUT2D eigenvalue weighted by Gasteiger charge is -2.37. The Morgan fingerprint density at radius 2 is 1.30 bits per heavy atom. The summed E-state index contributed by atoms with van der Waals surface area (Å²) in [5.74, 6) is 0.849. The number of nitrogens with zero attached hydrogens (tertiary/aromatic N) is 4. The Balaban J connectivity index is 1.44. The lowest BCUT2D eigenvalue weighted by molar-refractivity contribution is 0.395. The molecule has 0 unspecified atom stereocenters. The average molecular weight is 409 g/mol. The largest absolute Gasteiger partial charge is 0.497 e. The number of aromatic nitrogens is 2. The topological polar surface area (TPSA) is 62.9 Å². The van der Waals surface area contributed by atoms with Crippen molar-refractivity contribution in [1.82, 2.24) is 9.13 Å². The van der Waals surface area contributed by atoms with E-state index in [1.807, 2.05) is 50.2 Å². The first-order valence-corrected chi connectivity index (χ1v) is 10.2. The van der Waals surface area contributed by atoms with Gasteiger partial charge in [0.25, 0.3) is 0 Å². The molecule has 7 nitrogen and oxygen atoms in total. The van der Waals surface area contributed by atoms with Crippen molar-refractivity contribution in [3.8, 4) is 17.3 Å². The molecule has 1 fully saturated rings. The molecule has 0 atom stereocenters. The zero-order valence-electron chi connectivity index (χ0n) is 17.7.